The van der Waals surface area contributed by atoms with Crippen molar-refractivity contribution in [2.45, 2.75) is 0 Å². The first-order valence-corrected chi connectivity index (χ1v) is 17.9. The summed E-state index contributed by atoms with van der Waals surface area (Å²) in [5.41, 5.74) is 8.29. The molecule has 1 aromatic heterocycles. The van der Waals surface area contributed by atoms with Gasteiger partial charge in [0.05, 0.1) is 5.69 Å². The summed E-state index contributed by atoms with van der Waals surface area (Å²) >= 11 is 1.86. The van der Waals surface area contributed by atoms with E-state index in [1.54, 1.807) is 0 Å². The van der Waals surface area contributed by atoms with Gasteiger partial charge < -0.3 is 4.90 Å². The number of nitrogens with zero attached hydrogens (tertiary/aromatic N) is 1. The molecule has 10 rings (SSSR count). The zero-order chi connectivity index (χ0) is 33.0. The Hall–Kier alpha value is -6.22. The van der Waals surface area contributed by atoms with Gasteiger partial charge in [-0.2, -0.15) is 0 Å². The van der Waals surface area contributed by atoms with Gasteiger partial charge in [-0.15, -0.1) is 11.3 Å². The predicted molar refractivity (Wildman–Crippen MR) is 217 cm³/mol. The van der Waals surface area contributed by atoms with Crippen molar-refractivity contribution in [1.82, 2.24) is 0 Å². The summed E-state index contributed by atoms with van der Waals surface area (Å²) in [6.45, 7) is 0. The standard InChI is InChI=1S/C48H31NS/c1-2-9-32(10-3-1)33-17-24-38(25-18-33)49(45-14-8-16-47-48(45)44-13-6-7-15-46(44)50-47)39-26-19-34(20-27-39)36-22-28-41-37(31-36)23-30-42-40-12-5-4-11-35(40)21-29-43(41)42/h1-31H. The highest BCUT2D eigenvalue weighted by Gasteiger charge is 2.19. The molecule has 0 N–H and O–H groups in total. The maximum atomic E-state index is 2.41. The number of thiophene rings is 1. The van der Waals surface area contributed by atoms with Gasteiger partial charge in [-0.05, 0) is 103 Å². The van der Waals surface area contributed by atoms with E-state index in [9.17, 15) is 0 Å². The Morgan fingerprint density at radius 3 is 1.62 bits per heavy atom. The zero-order valence-corrected chi connectivity index (χ0v) is 28.1. The van der Waals surface area contributed by atoms with Crippen molar-refractivity contribution in [3.63, 3.8) is 0 Å². The molecule has 0 spiro atoms. The minimum Gasteiger partial charge on any atom is -0.310 e. The summed E-state index contributed by atoms with van der Waals surface area (Å²) in [6.07, 6.45) is 0. The zero-order valence-electron chi connectivity index (χ0n) is 27.3. The lowest BCUT2D eigenvalue weighted by Gasteiger charge is -2.27. The van der Waals surface area contributed by atoms with Crippen molar-refractivity contribution in [3.05, 3.63) is 188 Å². The summed E-state index contributed by atoms with van der Waals surface area (Å²) in [5.74, 6) is 0. The molecule has 0 fully saturated rings. The van der Waals surface area contributed by atoms with Crippen LogP contribution in [0.3, 0.4) is 0 Å². The lowest BCUT2D eigenvalue weighted by molar-refractivity contribution is 1.30. The molecule has 0 aliphatic carbocycles. The summed E-state index contributed by atoms with van der Waals surface area (Å²) in [5, 5.41) is 10.3. The first-order valence-electron chi connectivity index (χ1n) is 17.1. The van der Waals surface area contributed by atoms with E-state index in [-0.39, 0.29) is 0 Å². The van der Waals surface area contributed by atoms with Crippen LogP contribution >= 0.6 is 11.3 Å². The van der Waals surface area contributed by atoms with Crippen molar-refractivity contribution < 1.29 is 0 Å². The third kappa shape index (κ3) is 4.76. The molecule has 1 nitrogen and oxygen atoms in total. The fourth-order valence-corrected chi connectivity index (χ4v) is 8.74. The number of hydrogen-bond donors (Lipinski definition) is 0. The van der Waals surface area contributed by atoms with Gasteiger partial charge in [0.15, 0.2) is 0 Å². The van der Waals surface area contributed by atoms with Gasteiger partial charge in [0, 0.05) is 31.5 Å². The SMILES string of the molecule is c1ccc(-c2ccc(N(c3ccc(-c4ccc5c(ccc6c7ccccc7ccc56)c4)cc3)c3cccc4sc5ccccc5c34)cc2)cc1. The average Bonchev–Trinajstić information content (AvgIpc) is 3.58. The predicted octanol–water partition coefficient (Wildman–Crippen LogP) is 14.3. The fraction of sp³-hybridized carbons (Fsp3) is 0. The lowest BCUT2D eigenvalue weighted by atomic mass is 9.95. The van der Waals surface area contributed by atoms with Crippen LogP contribution in [0, 0.1) is 0 Å². The van der Waals surface area contributed by atoms with Gasteiger partial charge in [-0.1, -0.05) is 140 Å². The monoisotopic (exact) mass is 653 g/mol. The van der Waals surface area contributed by atoms with Crippen molar-refractivity contribution in [3.8, 4) is 22.3 Å². The summed E-state index contributed by atoms with van der Waals surface area (Å²) < 4.78 is 2.60. The molecule has 0 aliphatic rings. The lowest BCUT2D eigenvalue weighted by Crippen LogP contribution is -2.10. The Bertz CT molecular complexity index is 2850. The molecule has 0 radical (unpaired) electrons. The average molecular weight is 654 g/mol. The van der Waals surface area contributed by atoms with Crippen LogP contribution < -0.4 is 4.90 Å². The second-order valence-corrected chi connectivity index (χ2v) is 14.0. The van der Waals surface area contributed by atoms with Crippen molar-refractivity contribution in [2.24, 2.45) is 0 Å². The van der Waals surface area contributed by atoms with Crippen LogP contribution in [0.15, 0.2) is 188 Å². The molecule has 50 heavy (non-hydrogen) atoms. The summed E-state index contributed by atoms with van der Waals surface area (Å²) in [6, 6.07) is 68.7. The Balaban J connectivity index is 1.08. The largest absolute Gasteiger partial charge is 0.310 e. The van der Waals surface area contributed by atoms with Crippen LogP contribution in [0.5, 0.6) is 0 Å². The molecule has 0 bridgehead atoms. The van der Waals surface area contributed by atoms with Crippen LogP contribution in [0.25, 0.3) is 74.7 Å². The maximum Gasteiger partial charge on any atom is 0.0554 e. The topological polar surface area (TPSA) is 3.24 Å². The molecule has 0 aliphatic heterocycles. The van der Waals surface area contributed by atoms with Crippen LogP contribution in [0.2, 0.25) is 0 Å². The van der Waals surface area contributed by atoms with E-state index < -0.39 is 0 Å². The highest BCUT2D eigenvalue weighted by atomic mass is 32.1. The van der Waals surface area contributed by atoms with Crippen LogP contribution in [0.1, 0.15) is 0 Å². The second-order valence-electron chi connectivity index (χ2n) is 12.9. The van der Waals surface area contributed by atoms with Crippen molar-refractivity contribution >= 4 is 80.9 Å². The number of benzene rings is 9. The molecule has 10 aromatic rings. The Morgan fingerprint density at radius 1 is 0.320 bits per heavy atom. The Labute approximate surface area is 294 Å². The summed E-state index contributed by atoms with van der Waals surface area (Å²) in [7, 11) is 0. The normalized spacial score (nSPS) is 11.6. The maximum absolute atomic E-state index is 2.41. The molecular formula is C48H31NS. The fourth-order valence-electron chi connectivity index (χ4n) is 7.61. The van der Waals surface area contributed by atoms with Gasteiger partial charge >= 0.3 is 0 Å². The van der Waals surface area contributed by atoms with E-state index in [1.165, 1.54) is 80.4 Å². The molecule has 9 aromatic carbocycles. The molecule has 0 saturated heterocycles. The second kappa shape index (κ2) is 11.7. The highest BCUT2D eigenvalue weighted by molar-refractivity contribution is 7.26. The van der Waals surface area contributed by atoms with Crippen LogP contribution in [-0.4, -0.2) is 0 Å². The highest BCUT2D eigenvalue weighted by Crippen LogP contribution is 2.45. The minimum absolute atomic E-state index is 1.13. The third-order valence-corrected chi connectivity index (χ3v) is 11.2. The molecule has 2 heteroatoms. The van der Waals surface area contributed by atoms with Crippen LogP contribution in [-0.2, 0) is 0 Å². The van der Waals surface area contributed by atoms with Gasteiger partial charge in [0.2, 0.25) is 0 Å². The first-order chi connectivity index (χ1) is 24.8. The van der Waals surface area contributed by atoms with E-state index in [1.807, 2.05) is 11.3 Å². The smallest absolute Gasteiger partial charge is 0.0554 e. The van der Waals surface area contributed by atoms with E-state index in [0.717, 1.165) is 11.4 Å². The number of rotatable bonds is 5. The van der Waals surface area contributed by atoms with E-state index in [4.69, 9.17) is 0 Å². The van der Waals surface area contributed by atoms with E-state index in [2.05, 4.69) is 193 Å². The molecule has 1 heterocycles. The van der Waals surface area contributed by atoms with Crippen LogP contribution in [0.4, 0.5) is 17.1 Å². The Kier molecular flexibility index (Phi) is 6.75. The van der Waals surface area contributed by atoms with Gasteiger partial charge in [-0.25, -0.2) is 0 Å². The number of anilines is 3. The third-order valence-electron chi connectivity index (χ3n) is 10.1. The first kappa shape index (κ1) is 28.8. The van der Waals surface area contributed by atoms with Gasteiger partial charge in [-0.3, -0.25) is 0 Å². The molecule has 0 atom stereocenters. The summed E-state index contributed by atoms with van der Waals surface area (Å²) in [4.78, 5) is 2.41. The number of hydrogen-bond acceptors (Lipinski definition) is 2. The van der Waals surface area contributed by atoms with Gasteiger partial charge in [0.25, 0.3) is 0 Å². The molecule has 0 amide bonds. The van der Waals surface area contributed by atoms with Gasteiger partial charge in [0.1, 0.15) is 0 Å². The van der Waals surface area contributed by atoms with E-state index >= 15 is 0 Å². The molecule has 234 valence electrons. The Morgan fingerprint density at radius 2 is 0.860 bits per heavy atom. The molecular weight excluding hydrogens is 623 g/mol. The van der Waals surface area contributed by atoms with E-state index in [0.29, 0.717) is 0 Å². The molecule has 0 saturated carbocycles. The minimum atomic E-state index is 1.13. The molecule has 0 unspecified atom stereocenters. The van der Waals surface area contributed by atoms with Crippen molar-refractivity contribution in [2.75, 3.05) is 4.90 Å². The number of fused-ring (bicyclic) bond motifs is 8. The van der Waals surface area contributed by atoms with Crippen molar-refractivity contribution in [1.29, 1.82) is 0 Å². The quantitative estimate of drug-likeness (QED) is 0.167.